The Hall–Kier alpha value is -2.37. The van der Waals surface area contributed by atoms with Gasteiger partial charge in [-0.25, -0.2) is 0 Å². The lowest BCUT2D eigenvalue weighted by molar-refractivity contribution is -0.141. The second kappa shape index (κ2) is 8.65. The van der Waals surface area contributed by atoms with Crippen LogP contribution in [-0.2, 0) is 14.4 Å². The largest absolute Gasteiger partial charge is 0.484 e. The number of benzene rings is 1. The molecule has 0 aromatic heterocycles. The third-order valence-corrected chi connectivity index (χ3v) is 4.52. The fourth-order valence-corrected chi connectivity index (χ4v) is 2.69. The Kier molecular flexibility index (Phi) is 6.56. The van der Waals surface area contributed by atoms with Crippen molar-refractivity contribution in [3.63, 3.8) is 0 Å². The molecule has 0 N–H and O–H groups in total. The number of hydrogen-bond acceptors (Lipinski definition) is 4. The average Bonchev–Trinajstić information content (AvgIpc) is 2.60. The van der Waals surface area contributed by atoms with Gasteiger partial charge in [0.15, 0.2) is 6.61 Å². The van der Waals surface area contributed by atoms with Crippen molar-refractivity contribution in [2.24, 2.45) is 0 Å². The first-order valence-electron chi connectivity index (χ1n) is 8.62. The Balaban J connectivity index is 1.76. The number of aryl methyl sites for hydroxylation is 2. The highest BCUT2D eigenvalue weighted by Gasteiger charge is 2.24. The molecular formula is C19H26N2O4. The molecule has 1 aliphatic rings. The van der Waals surface area contributed by atoms with Crippen LogP contribution < -0.4 is 4.74 Å². The lowest BCUT2D eigenvalue weighted by Gasteiger charge is -2.34. The molecule has 1 saturated heterocycles. The predicted molar refractivity (Wildman–Crippen MR) is 94.5 cm³/mol. The minimum Gasteiger partial charge on any atom is -0.484 e. The van der Waals surface area contributed by atoms with Crippen molar-refractivity contribution in [3.8, 4) is 5.75 Å². The van der Waals surface area contributed by atoms with Crippen molar-refractivity contribution in [3.05, 3.63) is 29.3 Å². The Morgan fingerprint density at radius 2 is 1.52 bits per heavy atom. The summed E-state index contributed by atoms with van der Waals surface area (Å²) >= 11 is 0. The summed E-state index contributed by atoms with van der Waals surface area (Å²) in [7, 11) is 0. The van der Waals surface area contributed by atoms with Gasteiger partial charge in [0, 0.05) is 39.0 Å². The van der Waals surface area contributed by atoms with Gasteiger partial charge in [-0.2, -0.15) is 0 Å². The third kappa shape index (κ3) is 5.59. The molecular weight excluding hydrogens is 320 g/mol. The summed E-state index contributed by atoms with van der Waals surface area (Å²) in [5, 5.41) is 0. The van der Waals surface area contributed by atoms with Gasteiger partial charge >= 0.3 is 0 Å². The highest BCUT2D eigenvalue weighted by atomic mass is 16.5. The SMILES string of the molecule is CC(=O)CCC(=O)N1CCN(C(=O)COc2ccc(C)c(C)c2)CC1. The highest BCUT2D eigenvalue weighted by Crippen LogP contribution is 2.16. The highest BCUT2D eigenvalue weighted by molar-refractivity contribution is 5.84. The van der Waals surface area contributed by atoms with Gasteiger partial charge in [-0.1, -0.05) is 6.07 Å². The first-order valence-corrected chi connectivity index (χ1v) is 8.62. The van der Waals surface area contributed by atoms with Gasteiger partial charge < -0.3 is 19.3 Å². The lowest BCUT2D eigenvalue weighted by Crippen LogP contribution is -2.51. The molecule has 0 radical (unpaired) electrons. The molecule has 0 spiro atoms. The summed E-state index contributed by atoms with van der Waals surface area (Å²) in [5.41, 5.74) is 2.31. The van der Waals surface area contributed by atoms with Crippen molar-refractivity contribution >= 4 is 17.6 Å². The fourth-order valence-electron chi connectivity index (χ4n) is 2.69. The number of ketones is 1. The van der Waals surface area contributed by atoms with Gasteiger partial charge in [0.2, 0.25) is 5.91 Å². The molecule has 0 atom stereocenters. The van der Waals surface area contributed by atoms with Crippen LogP contribution in [0.1, 0.15) is 30.9 Å². The second-order valence-corrected chi connectivity index (χ2v) is 6.50. The minimum absolute atomic E-state index is 0.000778. The van der Waals surface area contributed by atoms with E-state index < -0.39 is 0 Å². The van der Waals surface area contributed by atoms with Gasteiger partial charge in [-0.3, -0.25) is 9.59 Å². The van der Waals surface area contributed by atoms with Crippen LogP contribution in [0.25, 0.3) is 0 Å². The zero-order valence-corrected chi connectivity index (χ0v) is 15.2. The zero-order chi connectivity index (χ0) is 18.4. The normalized spacial score (nSPS) is 14.4. The molecule has 25 heavy (non-hydrogen) atoms. The van der Waals surface area contributed by atoms with E-state index in [9.17, 15) is 14.4 Å². The number of piperazine rings is 1. The summed E-state index contributed by atoms with van der Waals surface area (Å²) in [4.78, 5) is 38.7. The van der Waals surface area contributed by atoms with Gasteiger partial charge in [-0.05, 0) is 44.0 Å². The maximum Gasteiger partial charge on any atom is 0.260 e. The number of rotatable bonds is 6. The monoisotopic (exact) mass is 346 g/mol. The maximum absolute atomic E-state index is 12.3. The molecule has 0 saturated carbocycles. The Morgan fingerprint density at radius 3 is 2.08 bits per heavy atom. The smallest absolute Gasteiger partial charge is 0.260 e. The Bertz CT molecular complexity index is 649. The van der Waals surface area contributed by atoms with Crippen molar-refractivity contribution < 1.29 is 19.1 Å². The van der Waals surface area contributed by atoms with Gasteiger partial charge in [0.25, 0.3) is 5.91 Å². The summed E-state index contributed by atoms with van der Waals surface area (Å²) in [6.45, 7) is 7.54. The van der Waals surface area contributed by atoms with E-state index in [0.717, 1.165) is 5.56 Å². The molecule has 1 fully saturated rings. The van der Waals surface area contributed by atoms with Crippen LogP contribution in [0, 0.1) is 13.8 Å². The number of Topliss-reactive ketones (excluding diaryl/α,β-unsaturated/α-hetero) is 1. The van der Waals surface area contributed by atoms with Crippen LogP contribution >= 0.6 is 0 Å². The van der Waals surface area contributed by atoms with E-state index in [-0.39, 0.29) is 37.0 Å². The number of hydrogen-bond donors (Lipinski definition) is 0. The Labute approximate surface area is 148 Å². The third-order valence-electron chi connectivity index (χ3n) is 4.52. The number of carbonyl (C=O) groups excluding carboxylic acids is 3. The van der Waals surface area contributed by atoms with Crippen LogP contribution in [0.2, 0.25) is 0 Å². The van der Waals surface area contributed by atoms with Crippen molar-refractivity contribution in [2.45, 2.75) is 33.6 Å². The summed E-state index contributed by atoms with van der Waals surface area (Å²) in [6, 6.07) is 5.76. The maximum atomic E-state index is 12.3. The molecule has 1 aromatic carbocycles. The Morgan fingerprint density at radius 1 is 0.920 bits per heavy atom. The van der Waals surface area contributed by atoms with Crippen molar-refractivity contribution in [1.82, 2.24) is 9.80 Å². The minimum atomic E-state index is -0.0749. The second-order valence-electron chi connectivity index (χ2n) is 6.50. The average molecular weight is 346 g/mol. The van der Waals surface area contributed by atoms with Crippen LogP contribution in [0.4, 0.5) is 0 Å². The molecule has 0 unspecified atom stereocenters. The molecule has 1 heterocycles. The topological polar surface area (TPSA) is 66.9 Å². The summed E-state index contributed by atoms with van der Waals surface area (Å²) in [6.07, 6.45) is 0.529. The van der Waals surface area contributed by atoms with Crippen LogP contribution in [0.3, 0.4) is 0 Å². The van der Waals surface area contributed by atoms with E-state index in [1.807, 2.05) is 32.0 Å². The van der Waals surface area contributed by atoms with Crippen LogP contribution in [0.5, 0.6) is 5.75 Å². The quantitative estimate of drug-likeness (QED) is 0.787. The van der Waals surface area contributed by atoms with Crippen LogP contribution in [-0.4, -0.2) is 60.2 Å². The predicted octanol–water partition coefficient (Wildman–Crippen LogP) is 1.72. The summed E-state index contributed by atoms with van der Waals surface area (Å²) in [5.74, 6) is 0.614. The van der Waals surface area contributed by atoms with Crippen molar-refractivity contribution in [2.75, 3.05) is 32.8 Å². The fraction of sp³-hybridized carbons (Fsp3) is 0.526. The first kappa shape index (κ1) is 19.0. The summed E-state index contributed by atoms with van der Waals surface area (Å²) < 4.78 is 5.59. The standard InChI is InChI=1S/C19H26N2O4/c1-14-4-6-17(12-15(14)2)25-13-19(24)21-10-8-20(9-11-21)18(23)7-5-16(3)22/h4,6,12H,5,7-11,13H2,1-3H3. The van der Waals surface area contributed by atoms with E-state index in [0.29, 0.717) is 31.9 Å². The molecule has 1 aromatic rings. The molecule has 1 aliphatic heterocycles. The van der Waals surface area contributed by atoms with E-state index in [2.05, 4.69) is 0 Å². The lowest BCUT2D eigenvalue weighted by atomic mass is 10.1. The van der Waals surface area contributed by atoms with E-state index in [4.69, 9.17) is 4.74 Å². The molecule has 6 nitrogen and oxygen atoms in total. The number of nitrogens with zero attached hydrogens (tertiary/aromatic N) is 2. The van der Waals surface area contributed by atoms with E-state index in [1.54, 1.807) is 9.80 Å². The number of ether oxygens (including phenoxy) is 1. The molecule has 0 aliphatic carbocycles. The zero-order valence-electron chi connectivity index (χ0n) is 15.2. The molecule has 6 heteroatoms. The molecule has 136 valence electrons. The molecule has 2 amide bonds. The van der Waals surface area contributed by atoms with Crippen molar-refractivity contribution in [1.29, 1.82) is 0 Å². The van der Waals surface area contributed by atoms with E-state index >= 15 is 0 Å². The van der Waals surface area contributed by atoms with Gasteiger partial charge in [-0.15, -0.1) is 0 Å². The van der Waals surface area contributed by atoms with Gasteiger partial charge in [0.05, 0.1) is 0 Å². The van der Waals surface area contributed by atoms with Gasteiger partial charge in [0.1, 0.15) is 11.5 Å². The van der Waals surface area contributed by atoms with E-state index in [1.165, 1.54) is 12.5 Å². The molecule has 2 rings (SSSR count). The molecule has 0 bridgehead atoms. The van der Waals surface area contributed by atoms with Crippen LogP contribution in [0.15, 0.2) is 18.2 Å². The number of carbonyl (C=O) groups is 3. The number of amides is 2. The first-order chi connectivity index (χ1) is 11.9.